The maximum absolute atomic E-state index is 9.21. The Morgan fingerprint density at radius 2 is 2.12 bits per heavy atom. The fraction of sp³-hybridized carbons (Fsp3) is 0.500. The standard InChI is InChI=1S/C12H19NO3/c1-8-3-4-11(9(2)13)12(5-8)16-7-10(15)6-14/h3-5,9-10,14-15H,6-7,13H2,1-2H3. The van der Waals surface area contributed by atoms with Gasteiger partial charge in [-0.2, -0.15) is 0 Å². The van der Waals surface area contributed by atoms with Gasteiger partial charge < -0.3 is 20.7 Å². The Kier molecular flexibility index (Phi) is 4.73. The minimum Gasteiger partial charge on any atom is -0.490 e. The smallest absolute Gasteiger partial charge is 0.124 e. The van der Waals surface area contributed by atoms with E-state index < -0.39 is 6.10 Å². The first kappa shape index (κ1) is 13.0. The molecule has 1 aromatic carbocycles. The highest BCUT2D eigenvalue weighted by molar-refractivity contribution is 5.38. The molecule has 0 aromatic heterocycles. The molecule has 4 N–H and O–H groups in total. The molecule has 16 heavy (non-hydrogen) atoms. The fourth-order valence-corrected chi connectivity index (χ4v) is 1.38. The van der Waals surface area contributed by atoms with Gasteiger partial charge in [-0.3, -0.25) is 0 Å². The largest absolute Gasteiger partial charge is 0.490 e. The van der Waals surface area contributed by atoms with Gasteiger partial charge in [-0.25, -0.2) is 0 Å². The molecule has 2 atom stereocenters. The molecule has 90 valence electrons. The highest BCUT2D eigenvalue weighted by atomic mass is 16.5. The second-order valence-corrected chi connectivity index (χ2v) is 3.98. The summed E-state index contributed by atoms with van der Waals surface area (Å²) in [5.74, 6) is 0.669. The molecular formula is C12H19NO3. The third-order valence-electron chi connectivity index (χ3n) is 2.30. The van der Waals surface area contributed by atoms with Gasteiger partial charge in [0.25, 0.3) is 0 Å². The summed E-state index contributed by atoms with van der Waals surface area (Å²) in [4.78, 5) is 0. The highest BCUT2D eigenvalue weighted by Gasteiger charge is 2.10. The third kappa shape index (κ3) is 3.48. The van der Waals surface area contributed by atoms with E-state index in [0.29, 0.717) is 5.75 Å². The number of hydrogen-bond donors (Lipinski definition) is 3. The number of nitrogens with two attached hydrogens (primary N) is 1. The Balaban J connectivity index is 2.80. The van der Waals surface area contributed by atoms with Crippen molar-refractivity contribution in [2.45, 2.75) is 26.0 Å². The van der Waals surface area contributed by atoms with E-state index in [1.807, 2.05) is 32.0 Å². The predicted octanol–water partition coefficient (Wildman–Crippen LogP) is 0.747. The monoisotopic (exact) mass is 225 g/mol. The molecule has 0 spiro atoms. The van der Waals surface area contributed by atoms with Crippen molar-refractivity contribution in [3.63, 3.8) is 0 Å². The second kappa shape index (κ2) is 5.84. The zero-order valence-corrected chi connectivity index (χ0v) is 9.68. The summed E-state index contributed by atoms with van der Waals surface area (Å²) in [6.45, 7) is 3.60. The van der Waals surface area contributed by atoms with Gasteiger partial charge in [0.15, 0.2) is 0 Å². The molecule has 2 unspecified atom stereocenters. The lowest BCUT2D eigenvalue weighted by atomic mass is 10.1. The quantitative estimate of drug-likeness (QED) is 0.691. The molecule has 0 aliphatic heterocycles. The summed E-state index contributed by atoms with van der Waals surface area (Å²) in [7, 11) is 0. The first-order valence-corrected chi connectivity index (χ1v) is 5.32. The maximum atomic E-state index is 9.21. The van der Waals surface area contributed by atoms with Crippen LogP contribution in [0.25, 0.3) is 0 Å². The number of aryl methyl sites for hydroxylation is 1. The van der Waals surface area contributed by atoms with Crippen LogP contribution in [-0.4, -0.2) is 29.5 Å². The minimum atomic E-state index is -0.860. The molecule has 0 heterocycles. The van der Waals surface area contributed by atoms with Gasteiger partial charge in [0.1, 0.15) is 18.5 Å². The molecule has 0 aliphatic rings. The van der Waals surface area contributed by atoms with Gasteiger partial charge in [-0.1, -0.05) is 12.1 Å². The molecular weight excluding hydrogens is 206 g/mol. The van der Waals surface area contributed by atoms with E-state index in [9.17, 15) is 5.11 Å². The summed E-state index contributed by atoms with van der Waals surface area (Å²) in [5, 5.41) is 17.9. The average molecular weight is 225 g/mol. The minimum absolute atomic E-state index is 0.0691. The Bertz CT molecular complexity index is 339. The van der Waals surface area contributed by atoms with E-state index in [1.54, 1.807) is 0 Å². The van der Waals surface area contributed by atoms with Crippen LogP contribution in [0, 0.1) is 6.92 Å². The van der Waals surface area contributed by atoms with Gasteiger partial charge >= 0.3 is 0 Å². The SMILES string of the molecule is Cc1ccc(C(C)N)c(OCC(O)CO)c1. The van der Waals surface area contributed by atoms with Gasteiger partial charge in [0.05, 0.1) is 6.61 Å². The van der Waals surface area contributed by atoms with Crippen molar-refractivity contribution in [2.24, 2.45) is 5.73 Å². The van der Waals surface area contributed by atoms with Crippen LogP contribution < -0.4 is 10.5 Å². The van der Waals surface area contributed by atoms with Crippen LogP contribution in [0.1, 0.15) is 24.1 Å². The molecule has 4 heteroatoms. The number of rotatable bonds is 5. The van der Waals surface area contributed by atoms with Crippen LogP contribution in [0.15, 0.2) is 18.2 Å². The van der Waals surface area contributed by atoms with E-state index in [1.165, 1.54) is 0 Å². The number of aliphatic hydroxyl groups is 2. The van der Waals surface area contributed by atoms with E-state index in [0.717, 1.165) is 11.1 Å². The molecule has 0 radical (unpaired) electrons. The lowest BCUT2D eigenvalue weighted by Crippen LogP contribution is -2.22. The van der Waals surface area contributed by atoms with Crippen molar-refractivity contribution < 1.29 is 14.9 Å². The third-order valence-corrected chi connectivity index (χ3v) is 2.30. The maximum Gasteiger partial charge on any atom is 0.124 e. The Morgan fingerprint density at radius 1 is 1.44 bits per heavy atom. The summed E-state index contributed by atoms with van der Waals surface area (Å²) in [5.41, 5.74) is 7.78. The fourth-order valence-electron chi connectivity index (χ4n) is 1.38. The predicted molar refractivity (Wildman–Crippen MR) is 62.4 cm³/mol. The van der Waals surface area contributed by atoms with E-state index >= 15 is 0 Å². The average Bonchev–Trinajstić information content (AvgIpc) is 2.25. The number of aliphatic hydroxyl groups excluding tert-OH is 2. The number of ether oxygens (including phenoxy) is 1. The molecule has 0 saturated carbocycles. The highest BCUT2D eigenvalue weighted by Crippen LogP contribution is 2.25. The number of benzene rings is 1. The Morgan fingerprint density at radius 3 is 2.69 bits per heavy atom. The number of hydrogen-bond acceptors (Lipinski definition) is 4. The molecule has 0 saturated heterocycles. The van der Waals surface area contributed by atoms with Crippen LogP contribution in [0.5, 0.6) is 5.75 Å². The molecule has 4 nitrogen and oxygen atoms in total. The Labute approximate surface area is 95.7 Å². The molecule has 0 fully saturated rings. The van der Waals surface area contributed by atoms with E-state index in [4.69, 9.17) is 15.6 Å². The topological polar surface area (TPSA) is 75.7 Å². The van der Waals surface area contributed by atoms with Crippen molar-refractivity contribution in [2.75, 3.05) is 13.2 Å². The van der Waals surface area contributed by atoms with E-state index in [2.05, 4.69) is 0 Å². The first-order chi connectivity index (χ1) is 7.54. The van der Waals surface area contributed by atoms with Gasteiger partial charge in [-0.15, -0.1) is 0 Å². The van der Waals surface area contributed by atoms with Crippen molar-refractivity contribution >= 4 is 0 Å². The molecule has 0 aliphatic carbocycles. The summed E-state index contributed by atoms with van der Waals surface area (Å²) < 4.78 is 5.44. The molecule has 0 bridgehead atoms. The van der Waals surface area contributed by atoms with Gasteiger partial charge in [0.2, 0.25) is 0 Å². The van der Waals surface area contributed by atoms with Crippen LogP contribution in [0.2, 0.25) is 0 Å². The second-order valence-electron chi connectivity index (χ2n) is 3.98. The van der Waals surface area contributed by atoms with Crippen molar-refractivity contribution in [3.8, 4) is 5.75 Å². The first-order valence-electron chi connectivity index (χ1n) is 5.32. The van der Waals surface area contributed by atoms with Crippen LogP contribution in [0.3, 0.4) is 0 Å². The summed E-state index contributed by atoms with van der Waals surface area (Å²) >= 11 is 0. The van der Waals surface area contributed by atoms with Crippen LogP contribution in [0.4, 0.5) is 0 Å². The molecule has 1 aromatic rings. The van der Waals surface area contributed by atoms with Gasteiger partial charge in [0, 0.05) is 11.6 Å². The van der Waals surface area contributed by atoms with Gasteiger partial charge in [-0.05, 0) is 25.5 Å². The molecule has 1 rings (SSSR count). The van der Waals surface area contributed by atoms with E-state index in [-0.39, 0.29) is 19.3 Å². The zero-order valence-electron chi connectivity index (χ0n) is 9.68. The van der Waals surface area contributed by atoms with Crippen LogP contribution in [-0.2, 0) is 0 Å². The van der Waals surface area contributed by atoms with Crippen molar-refractivity contribution in [1.82, 2.24) is 0 Å². The Hall–Kier alpha value is -1.10. The lowest BCUT2D eigenvalue weighted by molar-refractivity contribution is 0.0532. The summed E-state index contributed by atoms with van der Waals surface area (Å²) in [6, 6.07) is 5.64. The zero-order chi connectivity index (χ0) is 12.1. The normalized spacial score (nSPS) is 14.6. The molecule has 0 amide bonds. The van der Waals surface area contributed by atoms with Crippen molar-refractivity contribution in [1.29, 1.82) is 0 Å². The lowest BCUT2D eigenvalue weighted by Gasteiger charge is -2.16. The van der Waals surface area contributed by atoms with Crippen molar-refractivity contribution in [3.05, 3.63) is 29.3 Å². The summed E-state index contributed by atoms with van der Waals surface area (Å²) in [6.07, 6.45) is -0.860. The van der Waals surface area contributed by atoms with Crippen LogP contribution >= 0.6 is 0 Å².